The second-order valence-electron chi connectivity index (χ2n) is 5.73. The summed E-state index contributed by atoms with van der Waals surface area (Å²) in [5, 5.41) is 5.26. The zero-order chi connectivity index (χ0) is 19.8. The molecule has 3 rings (SSSR count). The second-order valence-corrected chi connectivity index (χ2v) is 6.68. The highest BCUT2D eigenvalue weighted by Crippen LogP contribution is 2.37. The predicted octanol–water partition coefficient (Wildman–Crippen LogP) is 3.11. The first-order chi connectivity index (χ1) is 13.7. The molecule has 0 saturated carbocycles. The van der Waals surface area contributed by atoms with Crippen molar-refractivity contribution in [3.63, 3.8) is 0 Å². The average molecular weight is 399 g/mol. The number of carbonyl (C=O) groups is 1. The molecule has 2 heterocycles. The monoisotopic (exact) mass is 399 g/mol. The molecule has 1 aromatic carbocycles. The maximum absolute atomic E-state index is 12.3. The van der Waals surface area contributed by atoms with Gasteiger partial charge in [-0.1, -0.05) is 12.1 Å². The van der Waals surface area contributed by atoms with Crippen LogP contribution in [-0.4, -0.2) is 36.6 Å². The number of ether oxygens (including phenoxy) is 3. The van der Waals surface area contributed by atoms with E-state index in [1.54, 1.807) is 37.9 Å². The van der Waals surface area contributed by atoms with Gasteiger partial charge in [0.25, 0.3) is 5.91 Å². The van der Waals surface area contributed by atoms with Crippen LogP contribution in [-0.2, 0) is 13.0 Å². The molecule has 2 aromatic heterocycles. The van der Waals surface area contributed by atoms with E-state index < -0.39 is 0 Å². The Labute approximate surface area is 167 Å². The molecule has 0 aliphatic rings. The Kier molecular flexibility index (Phi) is 6.80. The first kappa shape index (κ1) is 19.6. The first-order valence-electron chi connectivity index (χ1n) is 8.67. The van der Waals surface area contributed by atoms with E-state index in [1.165, 1.54) is 11.3 Å². The maximum Gasteiger partial charge on any atom is 0.270 e. The van der Waals surface area contributed by atoms with E-state index in [4.69, 9.17) is 14.2 Å². The summed E-state index contributed by atoms with van der Waals surface area (Å²) in [5.41, 5.74) is 1.30. The van der Waals surface area contributed by atoms with E-state index in [0.717, 1.165) is 5.69 Å². The molecule has 146 valence electrons. The normalized spacial score (nSPS) is 10.4. The Balaban J connectivity index is 1.55. The average Bonchev–Trinajstić information content (AvgIpc) is 3.21. The summed E-state index contributed by atoms with van der Waals surface area (Å²) in [5.74, 6) is 1.43. The van der Waals surface area contributed by atoms with Crippen molar-refractivity contribution in [2.45, 2.75) is 13.0 Å². The van der Waals surface area contributed by atoms with E-state index in [-0.39, 0.29) is 12.5 Å². The molecule has 0 spiro atoms. The summed E-state index contributed by atoms with van der Waals surface area (Å²) in [4.78, 5) is 20.8. The number of amides is 1. The number of hydrogen-bond acceptors (Lipinski definition) is 7. The minimum Gasteiger partial charge on any atom is -0.493 e. The number of thiazole rings is 1. The minimum absolute atomic E-state index is 0.211. The number of hydrogen-bond donors (Lipinski definition) is 1. The van der Waals surface area contributed by atoms with Crippen LogP contribution in [0.4, 0.5) is 0 Å². The summed E-state index contributed by atoms with van der Waals surface area (Å²) < 4.78 is 16.4. The van der Waals surface area contributed by atoms with Gasteiger partial charge in [-0.2, -0.15) is 0 Å². The van der Waals surface area contributed by atoms with Crippen LogP contribution in [0.25, 0.3) is 0 Å². The Morgan fingerprint density at radius 2 is 1.89 bits per heavy atom. The van der Waals surface area contributed by atoms with Crippen molar-refractivity contribution >= 4 is 17.2 Å². The molecule has 0 radical (unpaired) electrons. The zero-order valence-electron chi connectivity index (χ0n) is 15.7. The summed E-state index contributed by atoms with van der Waals surface area (Å²) in [7, 11) is 3.14. The maximum atomic E-state index is 12.3. The van der Waals surface area contributed by atoms with Gasteiger partial charge in [-0.05, 0) is 24.3 Å². The van der Waals surface area contributed by atoms with Gasteiger partial charge in [0.05, 0.1) is 14.2 Å². The number of nitrogens with zero attached hydrogens (tertiary/aromatic N) is 2. The van der Waals surface area contributed by atoms with Gasteiger partial charge in [0, 0.05) is 30.2 Å². The number of aromatic nitrogens is 2. The molecule has 1 N–H and O–H groups in total. The van der Waals surface area contributed by atoms with Gasteiger partial charge >= 0.3 is 0 Å². The molecule has 3 aromatic rings. The van der Waals surface area contributed by atoms with Crippen LogP contribution in [0, 0.1) is 0 Å². The van der Waals surface area contributed by atoms with Crippen molar-refractivity contribution in [1.29, 1.82) is 0 Å². The third kappa shape index (κ3) is 4.98. The van der Waals surface area contributed by atoms with Crippen LogP contribution in [0.2, 0.25) is 0 Å². The number of para-hydroxylation sites is 1. The number of rotatable bonds is 9. The number of nitrogens with one attached hydrogen (secondary N) is 1. The number of benzene rings is 1. The zero-order valence-corrected chi connectivity index (χ0v) is 16.5. The van der Waals surface area contributed by atoms with E-state index in [2.05, 4.69) is 15.3 Å². The van der Waals surface area contributed by atoms with Crippen molar-refractivity contribution in [2.24, 2.45) is 0 Å². The molecule has 0 unspecified atom stereocenters. The lowest BCUT2D eigenvalue weighted by molar-refractivity contribution is 0.0949. The van der Waals surface area contributed by atoms with Crippen LogP contribution in [0.1, 0.15) is 21.2 Å². The van der Waals surface area contributed by atoms with E-state index in [1.807, 2.05) is 24.3 Å². The van der Waals surface area contributed by atoms with Crippen molar-refractivity contribution in [2.75, 3.05) is 20.8 Å². The fourth-order valence-electron chi connectivity index (χ4n) is 2.52. The fourth-order valence-corrected chi connectivity index (χ4v) is 3.20. The molecule has 0 fully saturated rings. The smallest absolute Gasteiger partial charge is 0.270 e. The molecule has 28 heavy (non-hydrogen) atoms. The van der Waals surface area contributed by atoms with Crippen LogP contribution in [0.3, 0.4) is 0 Å². The van der Waals surface area contributed by atoms with Gasteiger partial charge in [0.15, 0.2) is 11.5 Å². The van der Waals surface area contributed by atoms with E-state index in [9.17, 15) is 4.79 Å². The largest absolute Gasteiger partial charge is 0.493 e. The topological polar surface area (TPSA) is 82.6 Å². The Hall–Kier alpha value is -3.13. The van der Waals surface area contributed by atoms with Crippen LogP contribution < -0.4 is 19.5 Å². The molecular weight excluding hydrogens is 378 g/mol. The quantitative estimate of drug-likeness (QED) is 0.595. The van der Waals surface area contributed by atoms with Crippen LogP contribution in [0.15, 0.2) is 48.0 Å². The number of pyridine rings is 1. The highest BCUT2D eigenvalue weighted by Gasteiger charge is 2.14. The molecule has 8 heteroatoms. The van der Waals surface area contributed by atoms with Gasteiger partial charge in [-0.25, -0.2) is 4.98 Å². The Morgan fingerprint density at radius 1 is 1.11 bits per heavy atom. The van der Waals surface area contributed by atoms with Crippen molar-refractivity contribution in [1.82, 2.24) is 15.3 Å². The lowest BCUT2D eigenvalue weighted by atomic mass is 10.2. The van der Waals surface area contributed by atoms with Crippen molar-refractivity contribution in [3.05, 3.63) is 64.4 Å². The minimum atomic E-state index is -0.215. The third-order valence-electron chi connectivity index (χ3n) is 3.90. The van der Waals surface area contributed by atoms with Gasteiger partial charge in [-0.15, -0.1) is 11.3 Å². The summed E-state index contributed by atoms with van der Waals surface area (Å²) in [6.07, 6.45) is 2.40. The van der Waals surface area contributed by atoms with Crippen molar-refractivity contribution < 1.29 is 19.0 Å². The number of methoxy groups -OCH3 is 2. The Morgan fingerprint density at radius 3 is 2.57 bits per heavy atom. The first-order valence-corrected chi connectivity index (χ1v) is 9.55. The standard InChI is InChI=1S/C20H21N3O4S/c1-25-16-7-5-8-17(26-2)19(16)27-12-18-23-15(13-28-18)20(24)22-11-9-14-6-3-4-10-21-14/h3-8,10,13H,9,11-12H2,1-2H3,(H,22,24). The third-order valence-corrected chi connectivity index (χ3v) is 4.72. The van der Waals surface area contributed by atoms with Crippen LogP contribution in [0.5, 0.6) is 17.2 Å². The molecule has 0 saturated heterocycles. The summed E-state index contributed by atoms with van der Waals surface area (Å²) in [6, 6.07) is 11.1. The van der Waals surface area contributed by atoms with Gasteiger partial charge in [0.2, 0.25) is 5.75 Å². The van der Waals surface area contributed by atoms with E-state index >= 15 is 0 Å². The van der Waals surface area contributed by atoms with Gasteiger partial charge < -0.3 is 19.5 Å². The SMILES string of the molecule is COc1cccc(OC)c1OCc1nc(C(=O)NCCc2ccccn2)cs1. The molecule has 1 amide bonds. The second kappa shape index (κ2) is 9.70. The predicted molar refractivity (Wildman–Crippen MR) is 106 cm³/mol. The molecular formula is C20H21N3O4S. The lowest BCUT2D eigenvalue weighted by Gasteiger charge is -2.13. The summed E-state index contributed by atoms with van der Waals surface area (Å²) >= 11 is 1.36. The van der Waals surface area contributed by atoms with Crippen LogP contribution >= 0.6 is 11.3 Å². The Bertz CT molecular complexity index is 893. The number of carbonyl (C=O) groups excluding carboxylic acids is 1. The molecule has 0 aliphatic heterocycles. The highest BCUT2D eigenvalue weighted by molar-refractivity contribution is 7.09. The van der Waals surface area contributed by atoms with E-state index in [0.29, 0.717) is 40.9 Å². The lowest BCUT2D eigenvalue weighted by Crippen LogP contribution is -2.26. The van der Waals surface area contributed by atoms with Gasteiger partial charge in [0.1, 0.15) is 17.3 Å². The highest BCUT2D eigenvalue weighted by atomic mass is 32.1. The fraction of sp³-hybridized carbons (Fsp3) is 0.250. The molecule has 7 nitrogen and oxygen atoms in total. The summed E-state index contributed by atoms with van der Waals surface area (Å²) in [6.45, 7) is 0.709. The molecule has 0 bridgehead atoms. The van der Waals surface area contributed by atoms with Crippen molar-refractivity contribution in [3.8, 4) is 17.2 Å². The molecule has 0 aliphatic carbocycles. The molecule has 0 atom stereocenters. The van der Waals surface area contributed by atoms with Gasteiger partial charge in [-0.3, -0.25) is 9.78 Å².